The van der Waals surface area contributed by atoms with Gasteiger partial charge in [-0.2, -0.15) is 4.98 Å². The molecule has 172 valence electrons. The van der Waals surface area contributed by atoms with Gasteiger partial charge >= 0.3 is 0 Å². The maximum atomic E-state index is 12.0. The van der Waals surface area contributed by atoms with Crippen molar-refractivity contribution >= 4 is 50.5 Å². The second-order valence-electron chi connectivity index (χ2n) is 8.23. The number of rotatable bonds is 8. The Labute approximate surface area is 203 Å². The molecule has 1 aliphatic heterocycles. The number of ketones is 1. The molecule has 2 heterocycles. The molecule has 0 radical (unpaired) electrons. The number of carbonyl (C=O) groups is 1. The highest BCUT2D eigenvalue weighted by molar-refractivity contribution is 9.10. The number of aromatic nitrogens is 2. The summed E-state index contributed by atoms with van der Waals surface area (Å²) in [7, 11) is 2.16. The third-order valence-corrected chi connectivity index (χ3v) is 6.26. The second kappa shape index (κ2) is 10.8. The number of carbonyl (C=O) groups excluding carboxylic acids is 1. The highest BCUT2D eigenvalue weighted by Gasteiger charge is 2.14. The van der Waals surface area contributed by atoms with E-state index in [0.29, 0.717) is 18.2 Å². The number of anilines is 5. The van der Waals surface area contributed by atoms with Crippen LogP contribution in [0.1, 0.15) is 30.1 Å². The summed E-state index contributed by atoms with van der Waals surface area (Å²) in [5, 5.41) is 6.57. The third-order valence-electron chi connectivity index (χ3n) is 5.68. The molecule has 0 amide bonds. The maximum absolute atomic E-state index is 12.0. The summed E-state index contributed by atoms with van der Waals surface area (Å²) < 4.78 is 0.754. The minimum absolute atomic E-state index is 0.164. The van der Waals surface area contributed by atoms with Crippen LogP contribution in [0.5, 0.6) is 0 Å². The number of hydrogen-bond acceptors (Lipinski definition) is 7. The molecule has 1 aliphatic rings. The fourth-order valence-electron chi connectivity index (χ4n) is 3.71. The van der Waals surface area contributed by atoms with Crippen LogP contribution in [0.4, 0.5) is 28.8 Å². The lowest BCUT2D eigenvalue weighted by atomic mass is 10.1. The number of piperazine rings is 1. The molecule has 33 heavy (non-hydrogen) atoms. The van der Waals surface area contributed by atoms with Crippen molar-refractivity contribution in [2.45, 2.75) is 19.8 Å². The Morgan fingerprint density at radius 3 is 2.27 bits per heavy atom. The number of nitrogens with one attached hydrogen (secondary N) is 2. The highest BCUT2D eigenvalue weighted by Crippen LogP contribution is 2.26. The first-order chi connectivity index (χ1) is 16.0. The first-order valence-corrected chi connectivity index (χ1v) is 12.0. The number of likely N-dealkylation sites (N-methyl/N-ethyl adjacent to an activating group) is 1. The number of Topliss-reactive ketones (excluding diaryl/α,β-unsaturated/α-hetero) is 1. The van der Waals surface area contributed by atoms with Gasteiger partial charge in [0, 0.05) is 61.4 Å². The van der Waals surface area contributed by atoms with Crippen LogP contribution < -0.4 is 15.5 Å². The van der Waals surface area contributed by atoms with E-state index >= 15 is 0 Å². The van der Waals surface area contributed by atoms with Gasteiger partial charge in [0.2, 0.25) is 5.95 Å². The number of halogens is 1. The van der Waals surface area contributed by atoms with Gasteiger partial charge in [-0.3, -0.25) is 4.79 Å². The van der Waals surface area contributed by atoms with E-state index in [1.54, 1.807) is 6.20 Å². The van der Waals surface area contributed by atoms with Crippen LogP contribution in [0.15, 0.2) is 59.2 Å². The second-order valence-corrected chi connectivity index (χ2v) is 9.08. The molecule has 2 aromatic carbocycles. The fourth-order valence-corrected chi connectivity index (χ4v) is 4.00. The van der Waals surface area contributed by atoms with Crippen LogP contribution in [0.25, 0.3) is 0 Å². The van der Waals surface area contributed by atoms with E-state index in [4.69, 9.17) is 0 Å². The standard InChI is InChI=1S/C25H29BrN6O/c1-3-4-23(33)18-5-7-19(8-6-18)28-24-22(26)17-27-25(30-24)29-20-9-11-21(12-10-20)32-15-13-31(2)14-16-32/h5-12,17H,3-4,13-16H2,1-2H3,(H2,27,28,29,30). The van der Waals surface area contributed by atoms with Crippen molar-refractivity contribution in [3.63, 3.8) is 0 Å². The first-order valence-electron chi connectivity index (χ1n) is 11.2. The lowest BCUT2D eigenvalue weighted by Crippen LogP contribution is -2.44. The highest BCUT2D eigenvalue weighted by atomic mass is 79.9. The van der Waals surface area contributed by atoms with Crippen LogP contribution in [0, 0.1) is 0 Å². The van der Waals surface area contributed by atoms with Gasteiger partial charge in [0.15, 0.2) is 5.78 Å². The number of benzene rings is 2. The fraction of sp³-hybridized carbons (Fsp3) is 0.320. The molecule has 0 bridgehead atoms. The summed E-state index contributed by atoms with van der Waals surface area (Å²) in [5.41, 5.74) is 3.74. The topological polar surface area (TPSA) is 73.4 Å². The first kappa shape index (κ1) is 23.2. The van der Waals surface area contributed by atoms with Crippen molar-refractivity contribution in [1.29, 1.82) is 0 Å². The Morgan fingerprint density at radius 2 is 1.61 bits per heavy atom. The molecule has 0 saturated carbocycles. The smallest absolute Gasteiger partial charge is 0.229 e. The summed E-state index contributed by atoms with van der Waals surface area (Å²) in [4.78, 5) is 25.8. The van der Waals surface area contributed by atoms with E-state index in [2.05, 4.69) is 77.6 Å². The Balaban J connectivity index is 1.41. The molecule has 1 aromatic heterocycles. The molecule has 0 atom stereocenters. The summed E-state index contributed by atoms with van der Waals surface area (Å²) in [6.45, 7) is 6.26. The van der Waals surface area contributed by atoms with Crippen LogP contribution in [0.2, 0.25) is 0 Å². The third kappa shape index (κ3) is 6.09. The Bertz CT molecular complexity index is 1080. The average molecular weight is 509 g/mol. The SMILES string of the molecule is CCCC(=O)c1ccc(Nc2nc(Nc3ccc(N4CCN(C)CC4)cc3)ncc2Br)cc1. The predicted molar refractivity (Wildman–Crippen MR) is 138 cm³/mol. The van der Waals surface area contributed by atoms with Gasteiger partial charge in [0.1, 0.15) is 5.82 Å². The van der Waals surface area contributed by atoms with Gasteiger partial charge in [-0.25, -0.2) is 4.98 Å². The molecule has 0 unspecified atom stereocenters. The van der Waals surface area contributed by atoms with Gasteiger partial charge in [-0.05, 0) is 77.9 Å². The predicted octanol–water partition coefficient (Wildman–Crippen LogP) is 5.46. The maximum Gasteiger partial charge on any atom is 0.229 e. The molecule has 2 N–H and O–H groups in total. The molecule has 4 rings (SSSR count). The van der Waals surface area contributed by atoms with Crippen LogP contribution in [-0.2, 0) is 0 Å². The Morgan fingerprint density at radius 1 is 0.970 bits per heavy atom. The van der Waals surface area contributed by atoms with E-state index in [1.165, 1.54) is 5.69 Å². The van der Waals surface area contributed by atoms with Gasteiger partial charge in [-0.1, -0.05) is 6.92 Å². The minimum Gasteiger partial charge on any atom is -0.369 e. The molecular weight excluding hydrogens is 480 g/mol. The van der Waals surface area contributed by atoms with Gasteiger partial charge in [0.05, 0.1) is 4.47 Å². The van der Waals surface area contributed by atoms with Crippen molar-refractivity contribution < 1.29 is 4.79 Å². The molecule has 3 aromatic rings. The zero-order chi connectivity index (χ0) is 23.2. The molecule has 0 aliphatic carbocycles. The summed E-state index contributed by atoms with van der Waals surface area (Å²) in [6, 6.07) is 15.8. The monoisotopic (exact) mass is 508 g/mol. The lowest BCUT2D eigenvalue weighted by Gasteiger charge is -2.34. The lowest BCUT2D eigenvalue weighted by molar-refractivity contribution is 0.0982. The normalized spacial score (nSPS) is 14.2. The van der Waals surface area contributed by atoms with E-state index < -0.39 is 0 Å². The quantitative estimate of drug-likeness (QED) is 0.391. The Kier molecular flexibility index (Phi) is 7.57. The zero-order valence-electron chi connectivity index (χ0n) is 19.0. The van der Waals surface area contributed by atoms with Gasteiger partial charge in [0.25, 0.3) is 0 Å². The molecule has 7 nitrogen and oxygen atoms in total. The van der Waals surface area contributed by atoms with Crippen molar-refractivity contribution in [3.05, 3.63) is 64.8 Å². The zero-order valence-corrected chi connectivity index (χ0v) is 20.6. The van der Waals surface area contributed by atoms with E-state index in [9.17, 15) is 4.79 Å². The number of hydrogen-bond donors (Lipinski definition) is 2. The van der Waals surface area contributed by atoms with Crippen LogP contribution >= 0.6 is 15.9 Å². The van der Waals surface area contributed by atoms with Crippen molar-refractivity contribution in [1.82, 2.24) is 14.9 Å². The van der Waals surface area contributed by atoms with Crippen molar-refractivity contribution in [2.24, 2.45) is 0 Å². The van der Waals surface area contributed by atoms with E-state index in [1.807, 2.05) is 31.2 Å². The van der Waals surface area contributed by atoms with Crippen LogP contribution in [0.3, 0.4) is 0 Å². The van der Waals surface area contributed by atoms with Gasteiger partial charge in [-0.15, -0.1) is 0 Å². The summed E-state index contributed by atoms with van der Waals surface area (Å²) in [5.74, 6) is 1.31. The van der Waals surface area contributed by atoms with E-state index in [-0.39, 0.29) is 5.78 Å². The van der Waals surface area contributed by atoms with Crippen molar-refractivity contribution in [2.75, 3.05) is 48.8 Å². The van der Waals surface area contributed by atoms with Crippen LogP contribution in [-0.4, -0.2) is 53.9 Å². The average Bonchev–Trinajstić information content (AvgIpc) is 2.83. The van der Waals surface area contributed by atoms with Crippen molar-refractivity contribution in [3.8, 4) is 0 Å². The molecule has 0 spiro atoms. The summed E-state index contributed by atoms with van der Waals surface area (Å²) in [6.07, 6.45) is 3.13. The van der Waals surface area contributed by atoms with Gasteiger partial charge < -0.3 is 20.4 Å². The molecule has 8 heteroatoms. The Hall–Kier alpha value is -2.97. The number of nitrogens with zero attached hydrogens (tertiary/aromatic N) is 4. The summed E-state index contributed by atoms with van der Waals surface area (Å²) >= 11 is 3.51. The largest absolute Gasteiger partial charge is 0.369 e. The molecule has 1 fully saturated rings. The molecular formula is C25H29BrN6O. The van der Waals surface area contributed by atoms with E-state index in [0.717, 1.165) is 54.0 Å². The molecule has 1 saturated heterocycles. The minimum atomic E-state index is 0.164.